The third kappa shape index (κ3) is 4.18. The SMILES string of the molecule is Cn1c(N2CCOC(C(=O)Nc3ccc(F)cc3)C2)nc(-c2ccncn2)cc1=O. The molecule has 1 aliphatic rings. The van der Waals surface area contributed by atoms with E-state index in [1.807, 2.05) is 4.90 Å². The van der Waals surface area contributed by atoms with Gasteiger partial charge in [-0.2, -0.15) is 0 Å². The summed E-state index contributed by atoms with van der Waals surface area (Å²) in [6.07, 6.45) is 2.19. The van der Waals surface area contributed by atoms with Gasteiger partial charge in [-0.05, 0) is 30.3 Å². The van der Waals surface area contributed by atoms with E-state index in [0.717, 1.165) is 0 Å². The van der Waals surface area contributed by atoms with Gasteiger partial charge in [-0.1, -0.05) is 0 Å². The number of aromatic nitrogens is 4. The summed E-state index contributed by atoms with van der Waals surface area (Å²) < 4.78 is 20.1. The number of halogens is 1. The molecule has 1 fully saturated rings. The minimum absolute atomic E-state index is 0.209. The maximum atomic E-state index is 13.1. The number of morpholine rings is 1. The highest BCUT2D eigenvalue weighted by Crippen LogP contribution is 2.19. The third-order valence-corrected chi connectivity index (χ3v) is 4.71. The molecular weight excluding hydrogens is 391 g/mol. The Kier molecular flexibility index (Phi) is 5.48. The molecule has 1 N–H and O–H groups in total. The summed E-state index contributed by atoms with van der Waals surface area (Å²) in [4.78, 5) is 39.5. The Bertz CT molecular complexity index is 1100. The van der Waals surface area contributed by atoms with Crippen molar-refractivity contribution in [3.63, 3.8) is 0 Å². The number of nitrogens with zero attached hydrogens (tertiary/aromatic N) is 5. The second-order valence-electron chi connectivity index (χ2n) is 6.73. The molecule has 154 valence electrons. The summed E-state index contributed by atoms with van der Waals surface area (Å²) in [6, 6.07) is 8.56. The van der Waals surface area contributed by atoms with E-state index in [9.17, 15) is 14.0 Å². The fourth-order valence-electron chi connectivity index (χ4n) is 3.13. The van der Waals surface area contributed by atoms with Crippen molar-refractivity contribution in [1.29, 1.82) is 0 Å². The van der Waals surface area contributed by atoms with Crippen LogP contribution >= 0.6 is 0 Å². The van der Waals surface area contributed by atoms with E-state index in [-0.39, 0.29) is 30.4 Å². The predicted octanol–water partition coefficient (Wildman–Crippen LogP) is 1.22. The van der Waals surface area contributed by atoms with Gasteiger partial charge in [-0.25, -0.2) is 19.3 Å². The Balaban J connectivity index is 1.55. The van der Waals surface area contributed by atoms with Crippen LogP contribution in [0.2, 0.25) is 0 Å². The molecule has 0 saturated carbocycles. The summed E-state index contributed by atoms with van der Waals surface area (Å²) >= 11 is 0. The number of hydrogen-bond donors (Lipinski definition) is 1. The number of ether oxygens (including phenoxy) is 1. The molecule has 0 aliphatic carbocycles. The number of nitrogens with one attached hydrogen (secondary N) is 1. The van der Waals surface area contributed by atoms with Crippen LogP contribution in [-0.2, 0) is 16.6 Å². The van der Waals surface area contributed by atoms with Crippen LogP contribution in [0, 0.1) is 5.82 Å². The zero-order valence-corrected chi connectivity index (χ0v) is 16.2. The zero-order chi connectivity index (χ0) is 21.1. The van der Waals surface area contributed by atoms with E-state index in [2.05, 4.69) is 20.3 Å². The monoisotopic (exact) mass is 410 g/mol. The van der Waals surface area contributed by atoms with Gasteiger partial charge in [-0.3, -0.25) is 14.2 Å². The molecule has 0 radical (unpaired) electrons. The van der Waals surface area contributed by atoms with E-state index < -0.39 is 6.10 Å². The second-order valence-corrected chi connectivity index (χ2v) is 6.73. The Labute approximate surface area is 171 Å². The molecule has 30 heavy (non-hydrogen) atoms. The lowest BCUT2D eigenvalue weighted by molar-refractivity contribution is -0.128. The molecule has 1 aliphatic heterocycles. The average molecular weight is 410 g/mol. The first kappa shape index (κ1) is 19.6. The van der Waals surface area contributed by atoms with Gasteiger partial charge in [0.15, 0.2) is 6.10 Å². The van der Waals surface area contributed by atoms with Crippen molar-refractivity contribution in [2.24, 2.45) is 7.05 Å². The first-order chi connectivity index (χ1) is 14.5. The van der Waals surface area contributed by atoms with Crippen molar-refractivity contribution >= 4 is 17.5 Å². The van der Waals surface area contributed by atoms with E-state index >= 15 is 0 Å². The van der Waals surface area contributed by atoms with Crippen LogP contribution in [0.3, 0.4) is 0 Å². The summed E-state index contributed by atoms with van der Waals surface area (Å²) in [6.45, 7) is 0.962. The summed E-state index contributed by atoms with van der Waals surface area (Å²) in [5.74, 6) is -0.328. The molecule has 3 heterocycles. The first-order valence-electron chi connectivity index (χ1n) is 9.29. The van der Waals surface area contributed by atoms with Crippen LogP contribution in [-0.4, -0.2) is 51.2 Å². The Morgan fingerprint density at radius 3 is 2.77 bits per heavy atom. The fourth-order valence-corrected chi connectivity index (χ4v) is 3.13. The maximum absolute atomic E-state index is 13.1. The van der Waals surface area contributed by atoms with Gasteiger partial charge >= 0.3 is 0 Å². The molecule has 0 spiro atoms. The predicted molar refractivity (Wildman–Crippen MR) is 107 cm³/mol. The molecule has 1 atom stereocenters. The molecule has 4 rings (SSSR count). The quantitative estimate of drug-likeness (QED) is 0.690. The third-order valence-electron chi connectivity index (χ3n) is 4.71. The minimum atomic E-state index is -0.775. The molecule has 0 bridgehead atoms. The van der Waals surface area contributed by atoms with Gasteiger partial charge in [0.05, 0.1) is 24.5 Å². The highest BCUT2D eigenvalue weighted by Gasteiger charge is 2.29. The zero-order valence-electron chi connectivity index (χ0n) is 16.2. The van der Waals surface area contributed by atoms with Crippen molar-refractivity contribution < 1.29 is 13.9 Å². The van der Waals surface area contributed by atoms with E-state index in [0.29, 0.717) is 29.6 Å². The topological polar surface area (TPSA) is 102 Å². The van der Waals surface area contributed by atoms with Gasteiger partial charge in [0, 0.05) is 31.5 Å². The van der Waals surface area contributed by atoms with Gasteiger partial charge in [0.2, 0.25) is 5.95 Å². The van der Waals surface area contributed by atoms with Gasteiger partial charge in [0.1, 0.15) is 12.1 Å². The summed E-state index contributed by atoms with van der Waals surface area (Å²) in [7, 11) is 1.62. The smallest absolute Gasteiger partial charge is 0.255 e. The Morgan fingerprint density at radius 2 is 2.03 bits per heavy atom. The van der Waals surface area contributed by atoms with Crippen LogP contribution in [0.15, 0.2) is 53.7 Å². The lowest BCUT2D eigenvalue weighted by Gasteiger charge is -2.33. The lowest BCUT2D eigenvalue weighted by Crippen LogP contribution is -2.49. The number of benzene rings is 1. The van der Waals surface area contributed by atoms with E-state index in [4.69, 9.17) is 4.74 Å². The molecule has 9 nitrogen and oxygen atoms in total. The number of carbonyl (C=O) groups excluding carboxylic acids is 1. The molecular formula is C20H19FN6O3. The summed E-state index contributed by atoms with van der Waals surface area (Å²) in [5.41, 5.74) is 1.18. The number of carbonyl (C=O) groups is 1. The van der Waals surface area contributed by atoms with Crippen molar-refractivity contribution in [3.05, 3.63) is 65.1 Å². The Hall–Kier alpha value is -3.66. The van der Waals surface area contributed by atoms with Crippen LogP contribution < -0.4 is 15.8 Å². The van der Waals surface area contributed by atoms with Crippen LogP contribution in [0.4, 0.5) is 16.0 Å². The molecule has 1 unspecified atom stereocenters. The summed E-state index contributed by atoms with van der Waals surface area (Å²) in [5, 5.41) is 2.71. The van der Waals surface area contributed by atoms with Gasteiger partial charge < -0.3 is 15.0 Å². The first-order valence-corrected chi connectivity index (χ1v) is 9.29. The Morgan fingerprint density at radius 1 is 1.23 bits per heavy atom. The average Bonchev–Trinajstić information content (AvgIpc) is 2.78. The normalized spacial score (nSPS) is 16.3. The second kappa shape index (κ2) is 8.37. The van der Waals surface area contributed by atoms with E-state index in [1.165, 1.54) is 41.2 Å². The van der Waals surface area contributed by atoms with Crippen LogP contribution in [0.5, 0.6) is 0 Å². The molecule has 2 aromatic heterocycles. The lowest BCUT2D eigenvalue weighted by atomic mass is 10.2. The van der Waals surface area contributed by atoms with Gasteiger partial charge in [-0.15, -0.1) is 0 Å². The highest BCUT2D eigenvalue weighted by molar-refractivity contribution is 5.94. The minimum Gasteiger partial charge on any atom is -0.365 e. The van der Waals surface area contributed by atoms with Crippen molar-refractivity contribution in [2.45, 2.75) is 6.10 Å². The molecule has 3 aromatic rings. The number of amides is 1. The molecule has 10 heteroatoms. The largest absolute Gasteiger partial charge is 0.365 e. The van der Waals surface area contributed by atoms with Crippen molar-refractivity contribution in [3.8, 4) is 11.4 Å². The maximum Gasteiger partial charge on any atom is 0.255 e. The fraction of sp³-hybridized carbons (Fsp3) is 0.250. The molecule has 1 aromatic carbocycles. The standard InChI is InChI=1S/C20H19FN6O3/c1-26-18(28)10-16(15-6-7-22-12-23-15)25-20(26)27-8-9-30-17(11-27)19(29)24-14-4-2-13(21)3-5-14/h2-7,10,12,17H,8-9,11H2,1H3,(H,24,29). The van der Waals surface area contributed by atoms with E-state index in [1.54, 1.807) is 19.3 Å². The number of anilines is 2. The highest BCUT2D eigenvalue weighted by atomic mass is 19.1. The van der Waals surface area contributed by atoms with Crippen LogP contribution in [0.25, 0.3) is 11.4 Å². The van der Waals surface area contributed by atoms with Gasteiger partial charge in [0.25, 0.3) is 11.5 Å². The molecule has 1 amide bonds. The van der Waals surface area contributed by atoms with Crippen LogP contribution in [0.1, 0.15) is 0 Å². The number of rotatable bonds is 4. The van der Waals surface area contributed by atoms with Crippen molar-refractivity contribution in [2.75, 3.05) is 29.9 Å². The van der Waals surface area contributed by atoms with Crippen molar-refractivity contribution in [1.82, 2.24) is 19.5 Å². The number of hydrogen-bond acceptors (Lipinski definition) is 7. The molecule has 1 saturated heterocycles.